The smallest absolute Gasteiger partial charge is 0.308 e. The summed E-state index contributed by atoms with van der Waals surface area (Å²) in [7, 11) is 0. The summed E-state index contributed by atoms with van der Waals surface area (Å²) >= 11 is 0. The third-order valence-electron chi connectivity index (χ3n) is 5.95. The minimum Gasteiger partial charge on any atom is -0.465 e. The third kappa shape index (κ3) is 13.0. The second kappa shape index (κ2) is 15.7. The molecule has 29 heavy (non-hydrogen) atoms. The van der Waals surface area contributed by atoms with E-state index in [-0.39, 0.29) is 23.8 Å². The molecule has 1 fully saturated rings. The van der Waals surface area contributed by atoms with Crippen LogP contribution in [0, 0.1) is 23.7 Å². The van der Waals surface area contributed by atoms with E-state index in [4.69, 9.17) is 9.47 Å². The first-order chi connectivity index (χ1) is 13.9. The molecular weight excluding hydrogens is 364 g/mol. The fraction of sp³-hybridized carbons (Fsp3) is 0.920. The van der Waals surface area contributed by atoms with E-state index >= 15 is 0 Å². The van der Waals surface area contributed by atoms with Crippen molar-refractivity contribution in [3.8, 4) is 0 Å². The van der Waals surface area contributed by atoms with Gasteiger partial charge in [0.2, 0.25) is 0 Å². The molecule has 0 saturated heterocycles. The molecule has 0 radical (unpaired) electrons. The Hall–Kier alpha value is -1.06. The predicted octanol–water partition coefficient (Wildman–Crippen LogP) is 6.70. The number of esters is 2. The van der Waals surface area contributed by atoms with Gasteiger partial charge in [-0.1, -0.05) is 79.1 Å². The number of ether oxygens (including phenoxy) is 2. The molecule has 0 amide bonds. The van der Waals surface area contributed by atoms with Crippen molar-refractivity contribution in [3.63, 3.8) is 0 Å². The van der Waals surface area contributed by atoms with Crippen LogP contribution in [0.3, 0.4) is 0 Å². The molecule has 0 N–H and O–H groups in total. The van der Waals surface area contributed by atoms with Crippen molar-refractivity contribution >= 4 is 11.9 Å². The van der Waals surface area contributed by atoms with Gasteiger partial charge in [-0.05, 0) is 43.9 Å². The molecule has 170 valence electrons. The highest BCUT2D eigenvalue weighted by molar-refractivity contribution is 5.76. The standard InChI is InChI=1S/C25H46O4/c1-20(2)13-10-8-6-5-7-9-11-17-28-24(26)22-14-12-15-23(19-22)25(27)29-18-16-21(3)4/h20-23H,5-19H2,1-4H3. The Kier molecular flexibility index (Phi) is 14.1. The van der Waals surface area contributed by atoms with Crippen LogP contribution in [0.4, 0.5) is 0 Å². The summed E-state index contributed by atoms with van der Waals surface area (Å²) < 4.78 is 10.9. The molecule has 0 aliphatic heterocycles. The van der Waals surface area contributed by atoms with Crippen LogP contribution in [-0.4, -0.2) is 25.2 Å². The molecule has 0 heterocycles. The normalized spacial score (nSPS) is 19.5. The molecule has 0 aromatic rings. The molecule has 2 atom stereocenters. The summed E-state index contributed by atoms with van der Waals surface area (Å²) in [6.45, 7) is 9.82. The average Bonchev–Trinajstić information content (AvgIpc) is 2.68. The zero-order valence-corrected chi connectivity index (χ0v) is 19.5. The van der Waals surface area contributed by atoms with Crippen LogP contribution >= 0.6 is 0 Å². The van der Waals surface area contributed by atoms with Crippen molar-refractivity contribution in [1.29, 1.82) is 0 Å². The number of rotatable bonds is 15. The molecule has 0 aromatic carbocycles. The van der Waals surface area contributed by atoms with E-state index in [0.29, 0.717) is 25.6 Å². The Labute approximate surface area is 179 Å². The van der Waals surface area contributed by atoms with Crippen LogP contribution < -0.4 is 0 Å². The molecule has 0 spiro atoms. The largest absolute Gasteiger partial charge is 0.465 e. The van der Waals surface area contributed by atoms with Gasteiger partial charge in [-0.3, -0.25) is 9.59 Å². The van der Waals surface area contributed by atoms with Gasteiger partial charge in [-0.25, -0.2) is 0 Å². The van der Waals surface area contributed by atoms with Gasteiger partial charge in [0, 0.05) is 0 Å². The maximum Gasteiger partial charge on any atom is 0.308 e. The minimum absolute atomic E-state index is 0.113. The van der Waals surface area contributed by atoms with Gasteiger partial charge in [0.1, 0.15) is 0 Å². The highest BCUT2D eigenvalue weighted by atomic mass is 16.5. The summed E-state index contributed by atoms with van der Waals surface area (Å²) in [5.74, 6) is 0.841. The fourth-order valence-corrected chi connectivity index (χ4v) is 3.96. The molecular formula is C25H46O4. The van der Waals surface area contributed by atoms with Gasteiger partial charge in [-0.15, -0.1) is 0 Å². The number of hydrogen-bond acceptors (Lipinski definition) is 4. The summed E-state index contributed by atoms with van der Waals surface area (Å²) in [6.07, 6.45) is 14.0. The van der Waals surface area contributed by atoms with Crippen LogP contribution in [0.2, 0.25) is 0 Å². The molecule has 1 saturated carbocycles. The van der Waals surface area contributed by atoms with Crippen molar-refractivity contribution in [1.82, 2.24) is 0 Å². The summed E-state index contributed by atoms with van der Waals surface area (Å²) in [5, 5.41) is 0. The van der Waals surface area contributed by atoms with E-state index in [0.717, 1.165) is 44.4 Å². The van der Waals surface area contributed by atoms with Crippen molar-refractivity contribution in [2.45, 2.75) is 111 Å². The van der Waals surface area contributed by atoms with Crippen LogP contribution in [0.15, 0.2) is 0 Å². The highest BCUT2D eigenvalue weighted by Gasteiger charge is 2.32. The lowest BCUT2D eigenvalue weighted by Gasteiger charge is -2.26. The lowest BCUT2D eigenvalue weighted by atomic mass is 9.81. The number of carbonyl (C=O) groups excluding carboxylic acids is 2. The van der Waals surface area contributed by atoms with Gasteiger partial charge in [0.25, 0.3) is 0 Å². The van der Waals surface area contributed by atoms with Crippen LogP contribution in [0.5, 0.6) is 0 Å². The molecule has 2 unspecified atom stereocenters. The second-order valence-electron chi connectivity index (χ2n) is 9.74. The van der Waals surface area contributed by atoms with Crippen molar-refractivity contribution in [2.75, 3.05) is 13.2 Å². The van der Waals surface area contributed by atoms with E-state index in [1.165, 1.54) is 38.5 Å². The van der Waals surface area contributed by atoms with Gasteiger partial charge >= 0.3 is 11.9 Å². The molecule has 1 aliphatic carbocycles. The van der Waals surface area contributed by atoms with Crippen molar-refractivity contribution in [3.05, 3.63) is 0 Å². The van der Waals surface area contributed by atoms with E-state index in [2.05, 4.69) is 27.7 Å². The maximum absolute atomic E-state index is 12.4. The zero-order valence-electron chi connectivity index (χ0n) is 19.5. The molecule has 1 aliphatic rings. The van der Waals surface area contributed by atoms with Gasteiger partial charge in [0.15, 0.2) is 0 Å². The SMILES string of the molecule is CC(C)CCCCCCCCCOC(=O)C1CCCC(C(=O)OCCC(C)C)C1. The molecule has 1 rings (SSSR count). The quantitative estimate of drug-likeness (QED) is 0.222. The second-order valence-corrected chi connectivity index (χ2v) is 9.74. The first kappa shape index (κ1) is 26.0. The maximum atomic E-state index is 12.4. The first-order valence-corrected chi connectivity index (χ1v) is 12.2. The Morgan fingerprint density at radius 3 is 1.72 bits per heavy atom. The molecule has 0 bridgehead atoms. The van der Waals surface area contributed by atoms with Crippen molar-refractivity contribution < 1.29 is 19.1 Å². The summed E-state index contributed by atoms with van der Waals surface area (Å²) in [4.78, 5) is 24.6. The Bertz CT molecular complexity index is 444. The van der Waals surface area contributed by atoms with Crippen LogP contribution in [0.1, 0.15) is 111 Å². The van der Waals surface area contributed by atoms with Gasteiger partial charge < -0.3 is 9.47 Å². The predicted molar refractivity (Wildman–Crippen MR) is 119 cm³/mol. The summed E-state index contributed by atoms with van der Waals surface area (Å²) in [6, 6.07) is 0. The highest BCUT2D eigenvalue weighted by Crippen LogP contribution is 2.31. The third-order valence-corrected chi connectivity index (χ3v) is 5.95. The number of carbonyl (C=O) groups is 2. The van der Waals surface area contributed by atoms with Gasteiger partial charge in [0.05, 0.1) is 25.0 Å². The van der Waals surface area contributed by atoms with E-state index in [1.54, 1.807) is 0 Å². The lowest BCUT2D eigenvalue weighted by molar-refractivity contribution is -0.155. The summed E-state index contributed by atoms with van der Waals surface area (Å²) in [5.41, 5.74) is 0. The number of unbranched alkanes of at least 4 members (excludes halogenated alkanes) is 6. The van der Waals surface area contributed by atoms with E-state index < -0.39 is 0 Å². The van der Waals surface area contributed by atoms with E-state index in [9.17, 15) is 9.59 Å². The van der Waals surface area contributed by atoms with Gasteiger partial charge in [-0.2, -0.15) is 0 Å². The van der Waals surface area contributed by atoms with Crippen molar-refractivity contribution in [2.24, 2.45) is 23.7 Å². The Morgan fingerprint density at radius 1 is 0.690 bits per heavy atom. The first-order valence-electron chi connectivity index (χ1n) is 12.2. The topological polar surface area (TPSA) is 52.6 Å². The molecule has 0 aromatic heterocycles. The average molecular weight is 411 g/mol. The monoisotopic (exact) mass is 410 g/mol. The van der Waals surface area contributed by atoms with Crippen LogP contribution in [0.25, 0.3) is 0 Å². The fourth-order valence-electron chi connectivity index (χ4n) is 3.96. The minimum atomic E-state index is -0.135. The lowest BCUT2D eigenvalue weighted by Crippen LogP contribution is -2.30. The molecule has 4 nitrogen and oxygen atoms in total. The van der Waals surface area contributed by atoms with E-state index in [1.807, 2.05) is 0 Å². The van der Waals surface area contributed by atoms with Crippen LogP contribution in [-0.2, 0) is 19.1 Å². The Balaban J connectivity index is 2.08. The number of hydrogen-bond donors (Lipinski definition) is 0. The zero-order chi connectivity index (χ0) is 21.5. The molecule has 4 heteroatoms. The Morgan fingerprint density at radius 2 is 1.17 bits per heavy atom.